The summed E-state index contributed by atoms with van der Waals surface area (Å²) in [6, 6.07) is 9.19. The third kappa shape index (κ3) is 3.70. The number of nitrogens with zero attached hydrogens (tertiary/aromatic N) is 2. The summed E-state index contributed by atoms with van der Waals surface area (Å²) in [4.78, 5) is 0. The van der Waals surface area contributed by atoms with Crippen LogP contribution in [0.5, 0.6) is 0 Å². The lowest BCUT2D eigenvalue weighted by molar-refractivity contribution is 0.572. The molecule has 0 aliphatic carbocycles. The Kier molecular flexibility index (Phi) is 4.96. The summed E-state index contributed by atoms with van der Waals surface area (Å²) in [5.41, 5.74) is 3.96. The van der Waals surface area contributed by atoms with Gasteiger partial charge < -0.3 is 5.32 Å². The van der Waals surface area contributed by atoms with Gasteiger partial charge in [0.1, 0.15) is 0 Å². The molecule has 2 aromatic rings. The Morgan fingerprint density at radius 1 is 1.10 bits per heavy atom. The minimum absolute atomic E-state index is 0.320. The minimum atomic E-state index is 0.320. The highest BCUT2D eigenvalue weighted by Crippen LogP contribution is 2.16. The van der Waals surface area contributed by atoms with Crippen molar-refractivity contribution in [2.75, 3.05) is 0 Å². The first-order valence-corrected chi connectivity index (χ1v) is 7.44. The summed E-state index contributed by atoms with van der Waals surface area (Å²) in [6.45, 7) is 10.5. The Hall–Kier alpha value is -1.61. The molecule has 0 saturated carbocycles. The third-order valence-electron chi connectivity index (χ3n) is 3.74. The van der Waals surface area contributed by atoms with E-state index in [1.165, 1.54) is 16.7 Å². The van der Waals surface area contributed by atoms with Crippen molar-refractivity contribution in [3.05, 3.63) is 53.3 Å². The molecule has 20 heavy (non-hydrogen) atoms. The molecular formula is C17H25N3. The van der Waals surface area contributed by atoms with Gasteiger partial charge in [0.25, 0.3) is 0 Å². The molecule has 1 heterocycles. The number of hydrogen-bond acceptors (Lipinski definition) is 2. The molecule has 1 N–H and O–H groups in total. The first kappa shape index (κ1) is 14.8. The molecule has 0 amide bonds. The van der Waals surface area contributed by atoms with E-state index in [-0.39, 0.29) is 0 Å². The van der Waals surface area contributed by atoms with Crippen LogP contribution in [0.4, 0.5) is 0 Å². The molecule has 0 bridgehead atoms. The smallest absolute Gasteiger partial charge is 0.0537 e. The molecule has 3 nitrogen and oxygen atoms in total. The number of aromatic nitrogens is 2. The van der Waals surface area contributed by atoms with Crippen molar-refractivity contribution in [1.29, 1.82) is 0 Å². The van der Waals surface area contributed by atoms with Crippen LogP contribution in [-0.2, 0) is 13.1 Å². The number of hydrogen-bond donors (Lipinski definition) is 1. The van der Waals surface area contributed by atoms with Crippen LogP contribution >= 0.6 is 0 Å². The summed E-state index contributed by atoms with van der Waals surface area (Å²) in [5.74, 6) is 0.593. The van der Waals surface area contributed by atoms with Gasteiger partial charge in [0.05, 0.1) is 6.20 Å². The molecule has 3 heteroatoms. The lowest BCUT2D eigenvalue weighted by Crippen LogP contribution is -2.17. The Morgan fingerprint density at radius 3 is 2.35 bits per heavy atom. The molecule has 1 aromatic heterocycles. The zero-order valence-corrected chi connectivity index (χ0v) is 12.9. The summed E-state index contributed by atoms with van der Waals surface area (Å²) >= 11 is 0. The number of nitrogens with one attached hydrogen (secondary N) is 1. The monoisotopic (exact) mass is 271 g/mol. The fraction of sp³-hybridized carbons (Fsp3) is 0.471. The number of rotatable bonds is 6. The Labute approximate surface area is 122 Å². The zero-order valence-electron chi connectivity index (χ0n) is 12.9. The van der Waals surface area contributed by atoms with E-state index in [0.29, 0.717) is 12.0 Å². The molecule has 2 rings (SSSR count). The van der Waals surface area contributed by atoms with Crippen LogP contribution in [0, 0.1) is 0 Å². The van der Waals surface area contributed by atoms with E-state index in [0.717, 1.165) is 13.1 Å². The Bertz CT molecular complexity index is 525. The first-order chi connectivity index (χ1) is 9.60. The lowest BCUT2D eigenvalue weighted by atomic mass is 10.0. The molecule has 1 aromatic carbocycles. The van der Waals surface area contributed by atoms with Crippen molar-refractivity contribution in [3.8, 4) is 0 Å². The largest absolute Gasteiger partial charge is 0.306 e. The Balaban J connectivity index is 1.91. The van der Waals surface area contributed by atoms with Gasteiger partial charge in [0.15, 0.2) is 0 Å². The molecule has 0 aliphatic rings. The fourth-order valence-corrected chi connectivity index (χ4v) is 2.19. The highest BCUT2D eigenvalue weighted by Gasteiger charge is 2.07. The van der Waals surface area contributed by atoms with E-state index in [1.807, 2.05) is 10.9 Å². The Morgan fingerprint density at radius 2 is 1.80 bits per heavy atom. The van der Waals surface area contributed by atoms with E-state index in [4.69, 9.17) is 0 Å². The minimum Gasteiger partial charge on any atom is -0.306 e. The molecular weight excluding hydrogens is 246 g/mol. The molecule has 108 valence electrons. The van der Waals surface area contributed by atoms with Gasteiger partial charge >= 0.3 is 0 Å². The summed E-state index contributed by atoms with van der Waals surface area (Å²) in [5, 5.41) is 7.87. The predicted molar refractivity (Wildman–Crippen MR) is 83.7 cm³/mol. The average Bonchev–Trinajstić information content (AvgIpc) is 2.94. The second-order valence-corrected chi connectivity index (χ2v) is 5.63. The maximum absolute atomic E-state index is 4.32. The zero-order chi connectivity index (χ0) is 14.5. The topological polar surface area (TPSA) is 29.9 Å². The van der Waals surface area contributed by atoms with Crippen molar-refractivity contribution in [2.45, 2.75) is 52.7 Å². The summed E-state index contributed by atoms with van der Waals surface area (Å²) in [6.07, 6.45) is 4.06. The predicted octanol–water partition coefficient (Wildman–Crippen LogP) is 3.88. The molecule has 0 saturated heterocycles. The van der Waals surface area contributed by atoms with Crippen molar-refractivity contribution in [2.24, 2.45) is 0 Å². The van der Waals surface area contributed by atoms with Crippen LogP contribution in [0.1, 0.15) is 56.3 Å². The van der Waals surface area contributed by atoms with E-state index in [2.05, 4.69) is 68.6 Å². The SMILES string of the molecule is CCn1cc(C(C)NCc2ccc(C(C)C)cc2)cn1. The number of aryl methyl sites for hydroxylation is 1. The normalized spacial score (nSPS) is 12.8. The van der Waals surface area contributed by atoms with Gasteiger partial charge in [-0.15, -0.1) is 0 Å². The van der Waals surface area contributed by atoms with Gasteiger partial charge in [0.2, 0.25) is 0 Å². The van der Waals surface area contributed by atoms with Crippen molar-refractivity contribution >= 4 is 0 Å². The molecule has 0 aliphatic heterocycles. The van der Waals surface area contributed by atoms with Crippen LogP contribution in [0.2, 0.25) is 0 Å². The first-order valence-electron chi connectivity index (χ1n) is 7.44. The van der Waals surface area contributed by atoms with Crippen molar-refractivity contribution in [3.63, 3.8) is 0 Å². The fourth-order valence-electron chi connectivity index (χ4n) is 2.19. The number of benzene rings is 1. The molecule has 1 atom stereocenters. The molecule has 0 spiro atoms. The second-order valence-electron chi connectivity index (χ2n) is 5.63. The highest BCUT2D eigenvalue weighted by atomic mass is 15.3. The van der Waals surface area contributed by atoms with E-state index < -0.39 is 0 Å². The standard InChI is InChI=1S/C17H25N3/c1-5-20-12-17(11-19-20)14(4)18-10-15-6-8-16(9-7-15)13(2)3/h6-9,11-14,18H,5,10H2,1-4H3. The van der Waals surface area contributed by atoms with Crippen LogP contribution < -0.4 is 5.32 Å². The highest BCUT2D eigenvalue weighted by molar-refractivity contribution is 5.24. The summed E-state index contributed by atoms with van der Waals surface area (Å²) < 4.78 is 1.96. The van der Waals surface area contributed by atoms with Gasteiger partial charge in [0, 0.05) is 30.9 Å². The van der Waals surface area contributed by atoms with Gasteiger partial charge in [-0.05, 0) is 30.9 Å². The average molecular weight is 271 g/mol. The second kappa shape index (κ2) is 6.71. The van der Waals surface area contributed by atoms with Gasteiger partial charge in [-0.2, -0.15) is 5.10 Å². The van der Waals surface area contributed by atoms with E-state index >= 15 is 0 Å². The lowest BCUT2D eigenvalue weighted by Gasteiger charge is -2.13. The maximum atomic E-state index is 4.32. The van der Waals surface area contributed by atoms with Gasteiger partial charge in [-0.3, -0.25) is 4.68 Å². The quantitative estimate of drug-likeness (QED) is 0.864. The maximum Gasteiger partial charge on any atom is 0.0537 e. The van der Waals surface area contributed by atoms with Crippen LogP contribution in [0.3, 0.4) is 0 Å². The van der Waals surface area contributed by atoms with Crippen LogP contribution in [0.25, 0.3) is 0 Å². The van der Waals surface area contributed by atoms with Crippen LogP contribution in [-0.4, -0.2) is 9.78 Å². The molecule has 0 fully saturated rings. The van der Waals surface area contributed by atoms with Crippen LogP contribution in [0.15, 0.2) is 36.7 Å². The third-order valence-corrected chi connectivity index (χ3v) is 3.74. The van der Waals surface area contributed by atoms with Gasteiger partial charge in [-0.25, -0.2) is 0 Å². The van der Waals surface area contributed by atoms with Crippen molar-refractivity contribution < 1.29 is 0 Å². The van der Waals surface area contributed by atoms with Gasteiger partial charge in [-0.1, -0.05) is 38.1 Å². The van der Waals surface area contributed by atoms with Crippen molar-refractivity contribution in [1.82, 2.24) is 15.1 Å². The van der Waals surface area contributed by atoms with E-state index in [1.54, 1.807) is 0 Å². The molecule has 1 unspecified atom stereocenters. The molecule has 0 radical (unpaired) electrons. The van der Waals surface area contributed by atoms with E-state index in [9.17, 15) is 0 Å². The summed E-state index contributed by atoms with van der Waals surface area (Å²) in [7, 11) is 0.